The number of benzene rings is 1. The Morgan fingerprint density at radius 2 is 2.00 bits per heavy atom. The normalized spacial score (nSPS) is 25.9. The third-order valence-corrected chi connectivity index (χ3v) is 8.26. The van der Waals surface area contributed by atoms with Gasteiger partial charge >= 0.3 is 0 Å². The Morgan fingerprint density at radius 3 is 2.75 bits per heavy atom. The van der Waals surface area contributed by atoms with Crippen molar-refractivity contribution in [1.29, 1.82) is 0 Å². The number of rotatable bonds is 6. The Bertz CT molecular complexity index is 777. The standard InChI is InChI=1S/C24H34ClN2S/c1-4-26-17-22(25)28-23(26)16-21-24(2,3)19-13-7-8-14-20(19)27(21)15-9-12-18-10-5-6-11-18/h7-8,13-14,16,18,22H,4-6,9-12,15,17H2,1-3H3/q+1. The average molecular weight is 418 g/mol. The van der Waals surface area contributed by atoms with Gasteiger partial charge < -0.3 is 4.90 Å². The largest absolute Gasteiger partial charge is 0.344 e. The number of thioether (sulfide) groups is 1. The molecule has 1 aromatic rings. The molecule has 2 heterocycles. The first kappa shape index (κ1) is 20.3. The summed E-state index contributed by atoms with van der Waals surface area (Å²) in [5.41, 5.74) is 4.32. The molecular formula is C24H34ClN2S+. The molecular weight excluding hydrogens is 384 g/mol. The van der Waals surface area contributed by atoms with Crippen molar-refractivity contribution in [2.75, 3.05) is 24.5 Å². The van der Waals surface area contributed by atoms with Gasteiger partial charge in [-0.05, 0) is 49.1 Å². The van der Waals surface area contributed by atoms with Gasteiger partial charge in [0.1, 0.15) is 11.3 Å². The number of nitrogens with zero attached hydrogens (tertiary/aromatic N) is 2. The fourth-order valence-electron chi connectivity index (χ4n) is 5.21. The van der Waals surface area contributed by atoms with Crippen LogP contribution in [0, 0.1) is 5.92 Å². The minimum Gasteiger partial charge on any atom is -0.344 e. The van der Waals surface area contributed by atoms with E-state index < -0.39 is 0 Å². The summed E-state index contributed by atoms with van der Waals surface area (Å²) in [6.45, 7) is 10.1. The van der Waals surface area contributed by atoms with Gasteiger partial charge in [0.25, 0.3) is 0 Å². The first-order chi connectivity index (χ1) is 13.5. The molecule has 0 saturated heterocycles. The molecule has 0 aromatic heterocycles. The Labute approximate surface area is 180 Å². The van der Waals surface area contributed by atoms with E-state index >= 15 is 0 Å². The monoisotopic (exact) mass is 417 g/mol. The zero-order valence-corrected chi connectivity index (χ0v) is 19.2. The number of alkyl halides is 1. The predicted octanol–water partition coefficient (Wildman–Crippen LogP) is 6.38. The highest BCUT2D eigenvalue weighted by molar-refractivity contribution is 8.15. The van der Waals surface area contributed by atoms with Gasteiger partial charge in [-0.1, -0.05) is 57.7 Å². The van der Waals surface area contributed by atoms with Crippen molar-refractivity contribution >= 4 is 34.1 Å². The van der Waals surface area contributed by atoms with E-state index in [1.165, 1.54) is 60.5 Å². The van der Waals surface area contributed by atoms with Crippen molar-refractivity contribution in [3.63, 3.8) is 0 Å². The highest BCUT2D eigenvalue weighted by Gasteiger charge is 2.41. The molecule has 2 aliphatic heterocycles. The number of halogens is 1. The summed E-state index contributed by atoms with van der Waals surface area (Å²) in [5, 5.41) is 1.33. The lowest BCUT2D eigenvalue weighted by Gasteiger charge is -2.27. The lowest BCUT2D eigenvalue weighted by molar-refractivity contribution is -0.514. The summed E-state index contributed by atoms with van der Waals surface area (Å²) in [4.78, 5) is 2.60. The molecule has 0 radical (unpaired) electrons. The molecule has 0 bridgehead atoms. The van der Waals surface area contributed by atoms with E-state index in [9.17, 15) is 0 Å². The third kappa shape index (κ3) is 3.89. The molecule has 3 aliphatic rings. The minimum absolute atomic E-state index is 0.0291. The fraction of sp³-hybridized carbons (Fsp3) is 0.625. The van der Waals surface area contributed by atoms with E-state index in [-0.39, 0.29) is 10.1 Å². The predicted molar refractivity (Wildman–Crippen MR) is 124 cm³/mol. The molecule has 4 heteroatoms. The van der Waals surface area contributed by atoms with Crippen LogP contribution in [-0.4, -0.2) is 34.0 Å². The molecule has 28 heavy (non-hydrogen) atoms. The van der Waals surface area contributed by atoms with Gasteiger partial charge in [-0.3, -0.25) is 0 Å². The molecule has 0 amide bonds. The van der Waals surface area contributed by atoms with Crippen LogP contribution in [0.3, 0.4) is 0 Å². The maximum Gasteiger partial charge on any atom is 0.238 e. The van der Waals surface area contributed by atoms with Crippen LogP contribution in [0.1, 0.15) is 64.9 Å². The summed E-state index contributed by atoms with van der Waals surface area (Å²) < 4.78 is 2.58. The number of hydrogen-bond acceptors (Lipinski definition) is 2. The van der Waals surface area contributed by atoms with Crippen LogP contribution in [0.5, 0.6) is 0 Å². The van der Waals surface area contributed by atoms with E-state index in [0.717, 1.165) is 25.6 Å². The van der Waals surface area contributed by atoms with Gasteiger partial charge in [-0.2, -0.15) is 0 Å². The number of para-hydroxylation sites is 1. The lowest BCUT2D eigenvalue weighted by Crippen LogP contribution is -2.28. The summed E-state index contributed by atoms with van der Waals surface area (Å²) in [6.07, 6.45) is 10.9. The topological polar surface area (TPSA) is 6.25 Å². The molecule has 1 atom stereocenters. The molecule has 1 saturated carbocycles. The Morgan fingerprint density at radius 1 is 1.25 bits per heavy atom. The van der Waals surface area contributed by atoms with Crippen LogP contribution in [0.15, 0.2) is 36.0 Å². The van der Waals surface area contributed by atoms with Crippen LogP contribution >= 0.6 is 23.4 Å². The molecule has 1 unspecified atom stereocenters. The van der Waals surface area contributed by atoms with Gasteiger partial charge in [0.2, 0.25) is 5.04 Å². The van der Waals surface area contributed by atoms with E-state index in [2.05, 4.69) is 60.6 Å². The Balaban J connectivity index is 1.63. The average Bonchev–Trinajstić information content (AvgIpc) is 3.36. The second-order valence-corrected chi connectivity index (χ2v) is 11.0. The third-order valence-electron chi connectivity index (χ3n) is 6.83. The number of anilines is 1. The van der Waals surface area contributed by atoms with Crippen LogP contribution in [0.2, 0.25) is 0 Å². The van der Waals surface area contributed by atoms with Gasteiger partial charge in [-0.25, -0.2) is 4.58 Å². The molecule has 1 aliphatic carbocycles. The molecule has 0 spiro atoms. The van der Waals surface area contributed by atoms with Crippen LogP contribution < -0.4 is 4.90 Å². The highest BCUT2D eigenvalue weighted by atomic mass is 35.5. The summed E-state index contributed by atoms with van der Waals surface area (Å²) in [5.74, 6) is 0.964. The molecule has 1 aromatic carbocycles. The van der Waals surface area contributed by atoms with Gasteiger partial charge in [0.05, 0.1) is 0 Å². The fourth-order valence-corrected chi connectivity index (χ4v) is 6.70. The minimum atomic E-state index is 0.0291. The molecule has 1 fully saturated rings. The van der Waals surface area contributed by atoms with E-state index in [1.54, 1.807) is 0 Å². The van der Waals surface area contributed by atoms with Gasteiger partial charge in [0, 0.05) is 29.4 Å². The van der Waals surface area contributed by atoms with Gasteiger partial charge in [-0.15, -0.1) is 11.6 Å². The second-order valence-electron chi connectivity index (χ2n) is 9.02. The maximum atomic E-state index is 6.48. The Hall–Kier alpha value is -0.930. The second kappa shape index (κ2) is 8.44. The zero-order valence-electron chi connectivity index (χ0n) is 17.6. The van der Waals surface area contributed by atoms with Crippen molar-refractivity contribution < 1.29 is 4.58 Å². The quantitative estimate of drug-likeness (QED) is 0.391. The molecule has 2 nitrogen and oxygen atoms in total. The Kier molecular flexibility index (Phi) is 6.13. The van der Waals surface area contributed by atoms with Crippen molar-refractivity contribution in [3.05, 3.63) is 41.6 Å². The summed E-state index contributed by atoms with van der Waals surface area (Å²) >= 11 is 8.29. The summed E-state index contributed by atoms with van der Waals surface area (Å²) in [7, 11) is 0. The lowest BCUT2D eigenvalue weighted by atomic mass is 9.84. The van der Waals surface area contributed by atoms with E-state index in [4.69, 9.17) is 11.6 Å². The number of hydrogen-bond donors (Lipinski definition) is 0. The SMILES string of the molecule is CC[N+]1=C(/C=C2/N(CCCC3CCCC3)c3ccccc3C2(C)C)SC(Cl)C1. The van der Waals surface area contributed by atoms with E-state index in [0.29, 0.717) is 0 Å². The maximum absolute atomic E-state index is 6.48. The number of allylic oxidation sites excluding steroid dienone is 1. The first-order valence-electron chi connectivity index (χ1n) is 11.0. The highest BCUT2D eigenvalue weighted by Crippen LogP contribution is 2.48. The number of fused-ring (bicyclic) bond motifs is 1. The molecule has 152 valence electrons. The van der Waals surface area contributed by atoms with Crippen molar-refractivity contribution in [1.82, 2.24) is 0 Å². The van der Waals surface area contributed by atoms with Crippen LogP contribution in [-0.2, 0) is 5.41 Å². The van der Waals surface area contributed by atoms with Crippen molar-refractivity contribution in [2.45, 2.75) is 69.4 Å². The van der Waals surface area contributed by atoms with Crippen molar-refractivity contribution in [2.24, 2.45) is 5.92 Å². The molecule has 0 N–H and O–H groups in total. The smallest absolute Gasteiger partial charge is 0.238 e. The molecule has 4 rings (SSSR count). The van der Waals surface area contributed by atoms with Crippen LogP contribution in [0.25, 0.3) is 0 Å². The van der Waals surface area contributed by atoms with Crippen LogP contribution in [0.4, 0.5) is 5.69 Å². The van der Waals surface area contributed by atoms with Gasteiger partial charge in [0.15, 0.2) is 6.54 Å². The first-order valence-corrected chi connectivity index (χ1v) is 12.3. The van der Waals surface area contributed by atoms with E-state index in [1.807, 2.05) is 11.8 Å². The van der Waals surface area contributed by atoms with Crippen molar-refractivity contribution in [3.8, 4) is 0 Å². The zero-order chi connectivity index (χ0) is 19.7. The summed E-state index contributed by atoms with van der Waals surface area (Å²) in [6, 6.07) is 8.99.